The number of rotatable bonds is 5. The molecule has 2 aromatic heterocycles. The van der Waals surface area contributed by atoms with Crippen LogP contribution in [-0.4, -0.2) is 19.3 Å². The largest absolute Gasteiger partial charge is 0.399 e. The fourth-order valence-electron chi connectivity index (χ4n) is 2.56. The summed E-state index contributed by atoms with van der Waals surface area (Å²) in [6.07, 6.45) is 9.53. The van der Waals surface area contributed by atoms with E-state index in [0.717, 1.165) is 30.8 Å². The van der Waals surface area contributed by atoms with Crippen molar-refractivity contribution in [1.82, 2.24) is 19.3 Å². The number of benzene rings is 1. The average molecular weight is 281 g/mol. The molecule has 0 bridgehead atoms. The number of nitrogens with zero attached hydrogens (tertiary/aromatic N) is 4. The Labute approximate surface area is 124 Å². The van der Waals surface area contributed by atoms with E-state index in [2.05, 4.69) is 20.7 Å². The zero-order chi connectivity index (χ0) is 14.7. The van der Waals surface area contributed by atoms with Gasteiger partial charge in [0.15, 0.2) is 0 Å². The molecule has 108 valence electrons. The lowest BCUT2D eigenvalue weighted by Gasteiger charge is -2.11. The first-order valence-corrected chi connectivity index (χ1v) is 7.06. The average Bonchev–Trinajstić information content (AvgIpc) is 3.12. The van der Waals surface area contributed by atoms with Crippen molar-refractivity contribution in [2.45, 2.75) is 19.4 Å². The highest BCUT2D eigenvalue weighted by Gasteiger charge is 2.09. The van der Waals surface area contributed by atoms with Crippen LogP contribution in [0, 0.1) is 0 Å². The molecule has 2 N–H and O–H groups in total. The van der Waals surface area contributed by atoms with Gasteiger partial charge in [0, 0.05) is 43.4 Å². The van der Waals surface area contributed by atoms with Crippen molar-refractivity contribution < 1.29 is 0 Å². The number of hydrogen-bond acceptors (Lipinski definition) is 3. The molecule has 0 radical (unpaired) electrons. The highest BCUT2D eigenvalue weighted by molar-refractivity contribution is 5.68. The Morgan fingerprint density at radius 2 is 2.10 bits per heavy atom. The predicted octanol–water partition coefficient (Wildman–Crippen LogP) is 2.50. The Balaban J connectivity index is 1.80. The van der Waals surface area contributed by atoms with Gasteiger partial charge < -0.3 is 10.3 Å². The summed E-state index contributed by atoms with van der Waals surface area (Å²) in [6, 6.07) is 8.13. The fraction of sp³-hybridized carbons (Fsp3) is 0.250. The molecule has 0 saturated carbocycles. The van der Waals surface area contributed by atoms with Gasteiger partial charge in [-0.1, -0.05) is 6.07 Å². The molecule has 3 aromatic rings. The summed E-state index contributed by atoms with van der Waals surface area (Å²) in [7, 11) is 1.95. The highest BCUT2D eigenvalue weighted by Crippen LogP contribution is 2.26. The highest BCUT2D eigenvalue weighted by atomic mass is 15.3. The van der Waals surface area contributed by atoms with E-state index < -0.39 is 0 Å². The first-order chi connectivity index (χ1) is 10.2. The third kappa shape index (κ3) is 2.97. The summed E-state index contributed by atoms with van der Waals surface area (Å²) in [5.74, 6) is 0. The fourth-order valence-corrected chi connectivity index (χ4v) is 2.56. The van der Waals surface area contributed by atoms with E-state index in [0.29, 0.717) is 0 Å². The number of aromatic nitrogens is 4. The Kier molecular flexibility index (Phi) is 3.73. The van der Waals surface area contributed by atoms with Gasteiger partial charge in [0.25, 0.3) is 0 Å². The van der Waals surface area contributed by atoms with Gasteiger partial charge in [-0.25, -0.2) is 4.98 Å². The number of anilines is 1. The van der Waals surface area contributed by atoms with Crippen molar-refractivity contribution in [2.75, 3.05) is 5.73 Å². The second-order valence-corrected chi connectivity index (χ2v) is 5.16. The quantitative estimate of drug-likeness (QED) is 0.731. The topological polar surface area (TPSA) is 61.7 Å². The molecule has 0 spiro atoms. The van der Waals surface area contributed by atoms with Crippen molar-refractivity contribution in [1.29, 1.82) is 0 Å². The zero-order valence-electron chi connectivity index (χ0n) is 12.1. The minimum absolute atomic E-state index is 0.782. The lowest BCUT2D eigenvalue weighted by atomic mass is 9.99. The minimum Gasteiger partial charge on any atom is -0.399 e. The summed E-state index contributed by atoms with van der Waals surface area (Å²) in [5, 5.41) is 4.25. The second-order valence-electron chi connectivity index (χ2n) is 5.16. The molecule has 0 amide bonds. The van der Waals surface area contributed by atoms with Crippen LogP contribution in [0.4, 0.5) is 5.69 Å². The zero-order valence-corrected chi connectivity index (χ0v) is 12.1. The maximum atomic E-state index is 5.95. The van der Waals surface area contributed by atoms with Gasteiger partial charge in [0.2, 0.25) is 0 Å². The Hall–Kier alpha value is -2.56. The van der Waals surface area contributed by atoms with Crippen molar-refractivity contribution in [3.8, 4) is 11.3 Å². The molecule has 2 heterocycles. The van der Waals surface area contributed by atoms with Crippen LogP contribution in [0.15, 0.2) is 49.2 Å². The van der Waals surface area contributed by atoms with Crippen LogP contribution in [0.3, 0.4) is 0 Å². The van der Waals surface area contributed by atoms with E-state index in [-0.39, 0.29) is 0 Å². The third-order valence-corrected chi connectivity index (χ3v) is 3.65. The minimum atomic E-state index is 0.782. The maximum absolute atomic E-state index is 5.95. The molecule has 1 aromatic carbocycles. The van der Waals surface area contributed by atoms with Crippen LogP contribution >= 0.6 is 0 Å². The lowest BCUT2D eigenvalue weighted by Crippen LogP contribution is -2.01. The van der Waals surface area contributed by atoms with Gasteiger partial charge in [-0.2, -0.15) is 5.10 Å². The van der Waals surface area contributed by atoms with E-state index >= 15 is 0 Å². The van der Waals surface area contributed by atoms with Gasteiger partial charge >= 0.3 is 0 Å². The van der Waals surface area contributed by atoms with Crippen molar-refractivity contribution in [3.63, 3.8) is 0 Å². The molecule has 21 heavy (non-hydrogen) atoms. The van der Waals surface area contributed by atoms with Crippen LogP contribution in [0.25, 0.3) is 11.3 Å². The number of nitrogens with two attached hydrogens (primary N) is 1. The smallest absolute Gasteiger partial charge is 0.0945 e. The summed E-state index contributed by atoms with van der Waals surface area (Å²) < 4.78 is 3.98. The lowest BCUT2D eigenvalue weighted by molar-refractivity contribution is 0.642. The third-order valence-electron chi connectivity index (χ3n) is 3.65. The molecular weight excluding hydrogens is 262 g/mol. The van der Waals surface area contributed by atoms with Crippen molar-refractivity contribution in [2.24, 2.45) is 7.05 Å². The number of imidazole rings is 1. The SMILES string of the molecule is Cn1nccc1-c1cc(N)ccc1CCCn1ccnc1. The molecule has 5 nitrogen and oxygen atoms in total. The molecule has 0 aliphatic heterocycles. The molecule has 0 atom stereocenters. The van der Waals surface area contributed by atoms with Crippen LogP contribution < -0.4 is 5.73 Å². The normalized spacial score (nSPS) is 10.9. The second kappa shape index (κ2) is 5.83. The molecule has 3 rings (SSSR count). The first kappa shape index (κ1) is 13.4. The number of aryl methyl sites for hydroxylation is 3. The van der Waals surface area contributed by atoms with Gasteiger partial charge in [0.05, 0.1) is 12.0 Å². The summed E-state index contributed by atoms with van der Waals surface area (Å²) in [5.41, 5.74) is 10.3. The van der Waals surface area contributed by atoms with Crippen molar-refractivity contribution >= 4 is 5.69 Å². The van der Waals surface area contributed by atoms with Crippen molar-refractivity contribution in [3.05, 3.63) is 54.7 Å². The molecule has 0 aliphatic rings. The van der Waals surface area contributed by atoms with Crippen LogP contribution in [-0.2, 0) is 20.0 Å². The van der Waals surface area contributed by atoms with E-state index in [1.807, 2.05) is 54.8 Å². The van der Waals surface area contributed by atoms with E-state index in [1.54, 1.807) is 0 Å². The van der Waals surface area contributed by atoms with Crippen LogP contribution in [0.5, 0.6) is 0 Å². The van der Waals surface area contributed by atoms with Gasteiger partial charge in [-0.05, 0) is 36.6 Å². The van der Waals surface area contributed by atoms with E-state index in [9.17, 15) is 0 Å². The number of hydrogen-bond donors (Lipinski definition) is 1. The van der Waals surface area contributed by atoms with E-state index in [4.69, 9.17) is 5.73 Å². The van der Waals surface area contributed by atoms with E-state index in [1.165, 1.54) is 11.1 Å². The molecule has 0 fully saturated rings. The van der Waals surface area contributed by atoms with Gasteiger partial charge in [0.1, 0.15) is 0 Å². The monoisotopic (exact) mass is 281 g/mol. The standard InChI is InChI=1S/C16H19N5/c1-20-16(6-7-19-20)15-11-14(17)5-4-13(15)3-2-9-21-10-8-18-12-21/h4-8,10-12H,2-3,9,17H2,1H3. The molecular formula is C16H19N5. The molecule has 0 unspecified atom stereocenters. The molecule has 0 aliphatic carbocycles. The first-order valence-electron chi connectivity index (χ1n) is 7.06. The van der Waals surface area contributed by atoms with Gasteiger partial charge in [-0.15, -0.1) is 0 Å². The number of nitrogen functional groups attached to an aromatic ring is 1. The summed E-state index contributed by atoms with van der Waals surface area (Å²) >= 11 is 0. The Bertz CT molecular complexity index is 712. The molecule has 0 saturated heterocycles. The Morgan fingerprint density at radius 3 is 2.81 bits per heavy atom. The maximum Gasteiger partial charge on any atom is 0.0945 e. The van der Waals surface area contributed by atoms with Crippen LogP contribution in [0.1, 0.15) is 12.0 Å². The van der Waals surface area contributed by atoms with Gasteiger partial charge in [-0.3, -0.25) is 4.68 Å². The predicted molar refractivity (Wildman–Crippen MR) is 83.6 cm³/mol. The Morgan fingerprint density at radius 1 is 1.19 bits per heavy atom. The van der Waals surface area contributed by atoms with Crippen LogP contribution in [0.2, 0.25) is 0 Å². The summed E-state index contributed by atoms with van der Waals surface area (Å²) in [4.78, 5) is 4.06. The molecule has 5 heteroatoms. The summed E-state index contributed by atoms with van der Waals surface area (Å²) in [6.45, 7) is 0.967.